The molecule has 0 bridgehead atoms. The topological polar surface area (TPSA) is 113 Å². The van der Waals surface area contributed by atoms with E-state index in [4.69, 9.17) is 9.47 Å². The molecule has 0 aromatic heterocycles. The van der Waals surface area contributed by atoms with Crippen LogP contribution in [0.1, 0.15) is 38.7 Å². The zero-order chi connectivity index (χ0) is 27.7. The standard InChI is InChI=1S/C27H36N2O7S2/c1-19-16-29(20(2)18-30)38(33,34)27-14-9-22(21-7-5-6-8-21)15-25(27)36-26(19)17-28(3)37(31,32)24-12-10-23(35-4)11-13-24/h7,9-15,19-20,26,30H,5-6,8,16-18H2,1-4H3/t19-,20-,26+/m1/s1. The van der Waals surface area contributed by atoms with Gasteiger partial charge in [0, 0.05) is 25.6 Å². The lowest BCUT2D eigenvalue weighted by Crippen LogP contribution is -2.50. The highest BCUT2D eigenvalue weighted by Crippen LogP contribution is 2.37. The van der Waals surface area contributed by atoms with Crippen LogP contribution in [0.5, 0.6) is 11.5 Å². The normalized spacial score (nSPS) is 22.6. The largest absolute Gasteiger partial charge is 0.497 e. The van der Waals surface area contributed by atoms with E-state index >= 15 is 0 Å². The molecule has 0 fully saturated rings. The van der Waals surface area contributed by atoms with Gasteiger partial charge in [-0.25, -0.2) is 16.8 Å². The molecule has 2 aromatic rings. The first-order valence-electron chi connectivity index (χ1n) is 12.7. The molecule has 0 unspecified atom stereocenters. The van der Waals surface area contributed by atoms with Crippen molar-refractivity contribution in [3.63, 3.8) is 0 Å². The SMILES string of the molecule is COc1ccc(S(=O)(=O)N(C)C[C@@H]2Oc3cc(C4=CCCC4)ccc3S(=O)(=O)N([C@H](C)CO)C[C@H]2C)cc1. The molecule has 9 nitrogen and oxygen atoms in total. The second-order valence-corrected chi connectivity index (χ2v) is 13.9. The highest BCUT2D eigenvalue weighted by molar-refractivity contribution is 7.89. The molecule has 38 heavy (non-hydrogen) atoms. The van der Waals surface area contributed by atoms with Gasteiger partial charge in [-0.2, -0.15) is 8.61 Å². The smallest absolute Gasteiger partial charge is 0.247 e. The van der Waals surface area contributed by atoms with Crippen LogP contribution in [0.2, 0.25) is 0 Å². The van der Waals surface area contributed by atoms with Crippen molar-refractivity contribution in [3.8, 4) is 11.5 Å². The number of benzene rings is 2. The van der Waals surface area contributed by atoms with Gasteiger partial charge in [-0.15, -0.1) is 0 Å². The van der Waals surface area contributed by atoms with Crippen molar-refractivity contribution in [2.45, 2.75) is 55.0 Å². The summed E-state index contributed by atoms with van der Waals surface area (Å²) in [6.07, 6.45) is 4.42. The zero-order valence-corrected chi connectivity index (χ0v) is 23.8. The van der Waals surface area contributed by atoms with Crippen molar-refractivity contribution in [2.75, 3.05) is 33.9 Å². The number of hydrogen-bond acceptors (Lipinski definition) is 7. The number of hydrogen-bond donors (Lipinski definition) is 1. The molecule has 0 amide bonds. The molecular weight excluding hydrogens is 528 g/mol. The fraction of sp³-hybridized carbons (Fsp3) is 0.481. The Hall–Kier alpha value is -2.44. The lowest BCUT2D eigenvalue weighted by molar-refractivity contribution is 0.0904. The first-order chi connectivity index (χ1) is 18.0. The third-order valence-corrected chi connectivity index (χ3v) is 11.1. The Morgan fingerprint density at radius 2 is 1.92 bits per heavy atom. The second-order valence-electron chi connectivity index (χ2n) is 9.98. The van der Waals surface area contributed by atoms with E-state index in [9.17, 15) is 21.9 Å². The van der Waals surface area contributed by atoms with E-state index in [0.717, 1.165) is 30.4 Å². The maximum absolute atomic E-state index is 13.7. The fourth-order valence-electron chi connectivity index (χ4n) is 4.86. The molecule has 0 radical (unpaired) electrons. The van der Waals surface area contributed by atoms with Gasteiger partial charge in [0.1, 0.15) is 22.5 Å². The number of likely N-dealkylation sites (N-methyl/N-ethyl adjacent to an activating group) is 1. The number of methoxy groups -OCH3 is 1. The minimum Gasteiger partial charge on any atom is -0.497 e. The summed E-state index contributed by atoms with van der Waals surface area (Å²) >= 11 is 0. The maximum atomic E-state index is 13.7. The summed E-state index contributed by atoms with van der Waals surface area (Å²) in [6.45, 7) is 3.21. The minimum atomic E-state index is -3.97. The zero-order valence-electron chi connectivity index (χ0n) is 22.2. The Kier molecular flexibility index (Phi) is 8.53. The molecular formula is C27H36N2O7S2. The Balaban J connectivity index is 1.72. The summed E-state index contributed by atoms with van der Waals surface area (Å²) in [6, 6.07) is 10.6. The average Bonchev–Trinajstić information content (AvgIpc) is 3.45. The third kappa shape index (κ3) is 5.62. The average molecular weight is 565 g/mol. The number of ether oxygens (including phenoxy) is 2. The lowest BCUT2D eigenvalue weighted by atomic mass is 10.0. The molecule has 11 heteroatoms. The van der Waals surface area contributed by atoms with Gasteiger partial charge in [0.15, 0.2) is 0 Å². The molecule has 0 saturated carbocycles. The fourth-order valence-corrected chi connectivity index (χ4v) is 7.86. The van der Waals surface area contributed by atoms with Crippen LogP contribution in [0.3, 0.4) is 0 Å². The number of sulfonamides is 2. The van der Waals surface area contributed by atoms with E-state index in [1.807, 2.05) is 6.92 Å². The number of rotatable bonds is 8. The van der Waals surface area contributed by atoms with Crippen LogP contribution in [-0.2, 0) is 20.0 Å². The van der Waals surface area contributed by atoms with Gasteiger partial charge in [-0.05, 0) is 73.7 Å². The Morgan fingerprint density at radius 3 is 2.53 bits per heavy atom. The van der Waals surface area contributed by atoms with E-state index < -0.39 is 32.2 Å². The molecule has 0 saturated heterocycles. The quantitative estimate of drug-likeness (QED) is 0.523. The summed E-state index contributed by atoms with van der Waals surface area (Å²) in [5.74, 6) is 0.361. The summed E-state index contributed by atoms with van der Waals surface area (Å²) in [5.41, 5.74) is 2.03. The molecule has 2 aromatic carbocycles. The van der Waals surface area contributed by atoms with Gasteiger partial charge in [-0.1, -0.05) is 19.1 Å². The van der Waals surface area contributed by atoms with Crippen LogP contribution in [0.4, 0.5) is 0 Å². The van der Waals surface area contributed by atoms with Crippen molar-refractivity contribution in [1.29, 1.82) is 0 Å². The molecule has 1 N–H and O–H groups in total. The molecule has 1 aliphatic heterocycles. The van der Waals surface area contributed by atoms with Gasteiger partial charge in [0.25, 0.3) is 0 Å². The third-order valence-electron chi connectivity index (χ3n) is 7.28. The molecule has 3 atom stereocenters. The second kappa shape index (κ2) is 11.4. The van der Waals surface area contributed by atoms with Crippen LogP contribution >= 0.6 is 0 Å². The van der Waals surface area contributed by atoms with E-state index in [0.29, 0.717) is 5.75 Å². The van der Waals surface area contributed by atoms with Crippen molar-refractivity contribution >= 4 is 25.6 Å². The number of allylic oxidation sites excluding steroid dienone is 2. The highest BCUT2D eigenvalue weighted by atomic mass is 32.2. The number of aliphatic hydroxyl groups excluding tert-OH is 1. The van der Waals surface area contributed by atoms with E-state index in [1.54, 1.807) is 37.3 Å². The van der Waals surface area contributed by atoms with Gasteiger partial charge in [-0.3, -0.25) is 0 Å². The van der Waals surface area contributed by atoms with Crippen molar-refractivity contribution in [2.24, 2.45) is 5.92 Å². The molecule has 2 aliphatic rings. The van der Waals surface area contributed by atoms with Crippen LogP contribution in [0.25, 0.3) is 5.57 Å². The van der Waals surface area contributed by atoms with E-state index in [2.05, 4.69) is 6.08 Å². The highest BCUT2D eigenvalue weighted by Gasteiger charge is 2.39. The molecule has 4 rings (SSSR count). The van der Waals surface area contributed by atoms with Gasteiger partial charge in [0.05, 0.1) is 25.2 Å². The first kappa shape index (κ1) is 28.6. The number of aliphatic hydroxyl groups is 1. The van der Waals surface area contributed by atoms with E-state index in [-0.39, 0.29) is 41.2 Å². The predicted octanol–water partition coefficient (Wildman–Crippen LogP) is 3.35. The lowest BCUT2D eigenvalue weighted by Gasteiger charge is -2.37. The molecule has 0 spiro atoms. The predicted molar refractivity (Wildman–Crippen MR) is 145 cm³/mol. The molecule has 1 heterocycles. The summed E-state index contributed by atoms with van der Waals surface area (Å²) in [7, 11) is -4.82. The van der Waals surface area contributed by atoms with Gasteiger partial charge >= 0.3 is 0 Å². The van der Waals surface area contributed by atoms with Crippen LogP contribution in [0.15, 0.2) is 58.3 Å². The Morgan fingerprint density at radius 1 is 1.21 bits per heavy atom. The molecule has 1 aliphatic carbocycles. The Bertz CT molecular complexity index is 1390. The minimum absolute atomic E-state index is 0.00326. The van der Waals surface area contributed by atoms with Crippen LogP contribution in [-0.4, -0.2) is 76.6 Å². The summed E-state index contributed by atoms with van der Waals surface area (Å²) in [4.78, 5) is 0.131. The summed E-state index contributed by atoms with van der Waals surface area (Å²) < 4.78 is 68.1. The van der Waals surface area contributed by atoms with E-state index in [1.165, 1.54) is 34.9 Å². The van der Waals surface area contributed by atoms with Gasteiger partial charge in [0.2, 0.25) is 20.0 Å². The molecule has 208 valence electrons. The van der Waals surface area contributed by atoms with Gasteiger partial charge < -0.3 is 14.6 Å². The monoisotopic (exact) mass is 564 g/mol. The van der Waals surface area contributed by atoms with Crippen molar-refractivity contribution in [1.82, 2.24) is 8.61 Å². The van der Waals surface area contributed by atoms with Crippen molar-refractivity contribution in [3.05, 3.63) is 54.1 Å². The Labute approximate surface area is 225 Å². The van der Waals surface area contributed by atoms with Crippen molar-refractivity contribution < 1.29 is 31.4 Å². The first-order valence-corrected chi connectivity index (χ1v) is 15.6. The number of fused-ring (bicyclic) bond motifs is 1. The maximum Gasteiger partial charge on any atom is 0.247 e. The number of nitrogens with zero attached hydrogens (tertiary/aromatic N) is 2. The summed E-state index contributed by atoms with van der Waals surface area (Å²) in [5, 5.41) is 9.84. The van der Waals surface area contributed by atoms with Crippen LogP contribution in [0, 0.1) is 5.92 Å². The van der Waals surface area contributed by atoms with Crippen LogP contribution < -0.4 is 9.47 Å².